The zero-order valence-electron chi connectivity index (χ0n) is 14.6. The number of aryl methyl sites for hydroxylation is 2. The van der Waals surface area contributed by atoms with Crippen LogP contribution < -0.4 is 15.7 Å². The molecule has 1 aliphatic carbocycles. The van der Waals surface area contributed by atoms with Crippen LogP contribution >= 0.6 is 0 Å². The summed E-state index contributed by atoms with van der Waals surface area (Å²) in [6.45, 7) is 4.01. The van der Waals surface area contributed by atoms with Crippen molar-refractivity contribution in [3.05, 3.63) is 39.2 Å². The van der Waals surface area contributed by atoms with Gasteiger partial charge in [0.05, 0.1) is 5.39 Å². The highest BCUT2D eigenvalue weighted by Gasteiger charge is 2.24. The van der Waals surface area contributed by atoms with Crippen LogP contribution in [0.3, 0.4) is 0 Å². The molecule has 0 fully saturated rings. The quantitative estimate of drug-likeness (QED) is 0.616. The molecule has 1 heterocycles. The molecule has 6 heteroatoms. The number of fused-ring (bicyclic) bond motifs is 3. The number of rotatable bonds is 6. The van der Waals surface area contributed by atoms with Crippen molar-refractivity contribution in [1.29, 1.82) is 0 Å². The first kappa shape index (κ1) is 17.5. The van der Waals surface area contributed by atoms with Gasteiger partial charge in [0, 0.05) is 18.7 Å². The van der Waals surface area contributed by atoms with Crippen molar-refractivity contribution in [2.75, 3.05) is 13.2 Å². The van der Waals surface area contributed by atoms with Gasteiger partial charge in [0.25, 0.3) is 5.91 Å². The molecule has 1 aromatic carbocycles. The summed E-state index contributed by atoms with van der Waals surface area (Å²) in [5.74, 6) is 0.332. The first-order valence-corrected chi connectivity index (χ1v) is 8.65. The summed E-state index contributed by atoms with van der Waals surface area (Å²) in [7, 11) is 0. The largest absolute Gasteiger partial charge is 0.480 e. The van der Waals surface area contributed by atoms with Gasteiger partial charge in [0.2, 0.25) is 0 Å². The van der Waals surface area contributed by atoms with Crippen molar-refractivity contribution in [2.45, 2.75) is 45.6 Å². The van der Waals surface area contributed by atoms with Crippen LogP contribution in [0.1, 0.15) is 36.5 Å². The second-order valence-corrected chi connectivity index (χ2v) is 6.46. The Morgan fingerprint density at radius 2 is 2.12 bits per heavy atom. The molecule has 0 bridgehead atoms. The fourth-order valence-electron chi connectivity index (χ4n) is 3.28. The smallest absolute Gasteiger partial charge is 0.339 e. The first-order valence-electron chi connectivity index (χ1n) is 8.65. The highest BCUT2D eigenvalue weighted by atomic mass is 16.5. The zero-order valence-corrected chi connectivity index (χ0v) is 14.6. The molecule has 1 aliphatic rings. The Morgan fingerprint density at radius 1 is 1.36 bits per heavy atom. The van der Waals surface area contributed by atoms with Crippen molar-refractivity contribution in [3.63, 3.8) is 0 Å². The van der Waals surface area contributed by atoms with E-state index >= 15 is 0 Å². The van der Waals surface area contributed by atoms with Crippen molar-refractivity contribution >= 4 is 16.9 Å². The number of hydrogen-bond acceptors (Lipinski definition) is 5. The van der Waals surface area contributed by atoms with E-state index in [9.17, 15) is 9.59 Å². The Morgan fingerprint density at radius 3 is 2.88 bits per heavy atom. The van der Waals surface area contributed by atoms with E-state index in [0.717, 1.165) is 41.3 Å². The van der Waals surface area contributed by atoms with Crippen LogP contribution in [0.5, 0.6) is 5.75 Å². The van der Waals surface area contributed by atoms with E-state index in [1.165, 1.54) is 0 Å². The minimum Gasteiger partial charge on any atom is -0.480 e. The third-order valence-corrected chi connectivity index (χ3v) is 4.49. The maximum atomic E-state index is 12.1. The lowest BCUT2D eigenvalue weighted by Gasteiger charge is -2.17. The van der Waals surface area contributed by atoms with Crippen LogP contribution in [0.25, 0.3) is 11.0 Å². The van der Waals surface area contributed by atoms with Gasteiger partial charge in [-0.05, 0) is 62.8 Å². The summed E-state index contributed by atoms with van der Waals surface area (Å²) in [6, 6.07) is 3.70. The van der Waals surface area contributed by atoms with Crippen molar-refractivity contribution in [1.82, 2.24) is 5.32 Å². The number of aliphatic hydroxyl groups is 1. The average molecular weight is 345 g/mol. The number of hydrogen-bond donors (Lipinski definition) is 2. The molecule has 1 aromatic heterocycles. The van der Waals surface area contributed by atoms with Crippen LogP contribution in [0, 0.1) is 6.92 Å². The number of carbonyl (C=O) groups excluding carboxylic acids is 1. The predicted octanol–water partition coefficient (Wildman–Crippen LogP) is 1.86. The SMILES string of the molecule is Cc1cc(O[C@H](C)C(=O)NCCCO)c2c3c(c(=O)oc2c1)CCC3. The standard InChI is InChI=1S/C19H23NO5/c1-11-9-15(24-12(2)18(22)20-7-4-8-21)17-13-5-3-6-14(13)19(23)25-16(17)10-11/h9-10,12,21H,3-8H2,1-2H3,(H,20,22)/t12-/m1/s1. The van der Waals surface area contributed by atoms with Gasteiger partial charge in [0.1, 0.15) is 11.3 Å². The Hall–Kier alpha value is -2.34. The van der Waals surface area contributed by atoms with Crippen LogP contribution in [-0.4, -0.2) is 30.3 Å². The highest BCUT2D eigenvalue weighted by molar-refractivity contribution is 5.89. The maximum absolute atomic E-state index is 12.1. The molecule has 2 N–H and O–H groups in total. The molecule has 1 atom stereocenters. The molecular weight excluding hydrogens is 322 g/mol. The number of amides is 1. The lowest BCUT2D eigenvalue weighted by atomic mass is 10.0. The number of benzene rings is 1. The van der Waals surface area contributed by atoms with Crippen LogP contribution in [0.4, 0.5) is 0 Å². The van der Waals surface area contributed by atoms with Gasteiger partial charge in [-0.2, -0.15) is 0 Å². The topological polar surface area (TPSA) is 88.8 Å². The van der Waals surface area contributed by atoms with Crippen LogP contribution in [-0.2, 0) is 17.6 Å². The van der Waals surface area contributed by atoms with E-state index in [1.807, 2.05) is 19.1 Å². The maximum Gasteiger partial charge on any atom is 0.339 e. The van der Waals surface area contributed by atoms with Gasteiger partial charge in [0.15, 0.2) is 6.10 Å². The molecule has 6 nitrogen and oxygen atoms in total. The third-order valence-electron chi connectivity index (χ3n) is 4.49. The molecule has 0 saturated heterocycles. The van der Waals surface area contributed by atoms with Crippen LogP contribution in [0.15, 0.2) is 21.3 Å². The normalized spacial score (nSPS) is 14.4. The van der Waals surface area contributed by atoms with Gasteiger partial charge in [-0.1, -0.05) is 0 Å². The molecule has 0 radical (unpaired) electrons. The summed E-state index contributed by atoms with van der Waals surface area (Å²) >= 11 is 0. The first-order chi connectivity index (χ1) is 12.0. The summed E-state index contributed by atoms with van der Waals surface area (Å²) in [5.41, 5.74) is 2.84. The van der Waals surface area contributed by atoms with E-state index < -0.39 is 6.10 Å². The minimum absolute atomic E-state index is 0.0310. The van der Waals surface area contributed by atoms with E-state index in [4.69, 9.17) is 14.3 Å². The second-order valence-electron chi connectivity index (χ2n) is 6.46. The van der Waals surface area contributed by atoms with Gasteiger partial charge in [-0.25, -0.2) is 4.79 Å². The van der Waals surface area contributed by atoms with Gasteiger partial charge in [-0.15, -0.1) is 0 Å². The number of nitrogens with one attached hydrogen (secondary N) is 1. The fourth-order valence-corrected chi connectivity index (χ4v) is 3.28. The number of aliphatic hydroxyl groups excluding tert-OH is 1. The molecule has 3 rings (SSSR count). The monoisotopic (exact) mass is 345 g/mol. The summed E-state index contributed by atoms with van der Waals surface area (Å²) in [5, 5.41) is 12.3. The number of carbonyl (C=O) groups is 1. The summed E-state index contributed by atoms with van der Waals surface area (Å²) < 4.78 is 11.4. The summed E-state index contributed by atoms with van der Waals surface area (Å²) in [4.78, 5) is 24.3. The van der Waals surface area contributed by atoms with Gasteiger partial charge >= 0.3 is 5.63 Å². The third kappa shape index (κ3) is 3.54. The Labute approximate surface area is 145 Å². The van der Waals surface area contributed by atoms with Crippen molar-refractivity contribution in [3.8, 4) is 5.75 Å². The number of ether oxygens (including phenoxy) is 1. The Kier molecular flexibility index (Phi) is 5.08. The molecule has 0 aliphatic heterocycles. The Balaban J connectivity index is 1.95. The van der Waals surface area contributed by atoms with E-state index in [1.54, 1.807) is 6.92 Å². The molecule has 0 unspecified atom stereocenters. The molecule has 0 saturated carbocycles. The van der Waals surface area contributed by atoms with Gasteiger partial charge in [-0.3, -0.25) is 4.79 Å². The lowest BCUT2D eigenvalue weighted by Crippen LogP contribution is -2.37. The van der Waals surface area contributed by atoms with E-state index in [0.29, 0.717) is 24.3 Å². The van der Waals surface area contributed by atoms with Crippen molar-refractivity contribution in [2.24, 2.45) is 0 Å². The van der Waals surface area contributed by atoms with E-state index in [-0.39, 0.29) is 18.1 Å². The predicted molar refractivity (Wildman–Crippen MR) is 94.0 cm³/mol. The van der Waals surface area contributed by atoms with E-state index in [2.05, 4.69) is 5.32 Å². The molecule has 25 heavy (non-hydrogen) atoms. The summed E-state index contributed by atoms with van der Waals surface area (Å²) in [6.07, 6.45) is 2.27. The zero-order chi connectivity index (χ0) is 18.0. The average Bonchev–Trinajstić information content (AvgIpc) is 3.04. The molecular formula is C19H23NO5. The molecule has 0 spiro atoms. The van der Waals surface area contributed by atoms with Crippen LogP contribution in [0.2, 0.25) is 0 Å². The molecule has 134 valence electrons. The molecule has 2 aromatic rings. The van der Waals surface area contributed by atoms with Crippen molar-refractivity contribution < 1.29 is 19.1 Å². The minimum atomic E-state index is -0.687. The Bertz CT molecular complexity index is 855. The lowest BCUT2D eigenvalue weighted by molar-refractivity contribution is -0.127. The highest BCUT2D eigenvalue weighted by Crippen LogP contribution is 2.35. The fraction of sp³-hybridized carbons (Fsp3) is 0.474. The second kappa shape index (κ2) is 7.27. The molecule has 1 amide bonds. The van der Waals surface area contributed by atoms with Gasteiger partial charge < -0.3 is 19.6 Å².